The summed E-state index contributed by atoms with van der Waals surface area (Å²) < 4.78 is 46.8. The van der Waals surface area contributed by atoms with Crippen LogP contribution in [0.15, 0.2) is 97.1 Å². The van der Waals surface area contributed by atoms with Gasteiger partial charge in [-0.25, -0.2) is 0 Å². The van der Waals surface area contributed by atoms with Crippen LogP contribution in [0, 0.1) is 0 Å². The van der Waals surface area contributed by atoms with E-state index in [9.17, 15) is 19.8 Å². The van der Waals surface area contributed by atoms with Crippen molar-refractivity contribution in [2.24, 2.45) is 5.73 Å². The van der Waals surface area contributed by atoms with Crippen LogP contribution in [-0.2, 0) is 30.3 Å². The molecule has 4 aromatic carbocycles. The van der Waals surface area contributed by atoms with E-state index < -0.39 is 22.0 Å². The van der Waals surface area contributed by atoms with Crippen LogP contribution in [0.1, 0.15) is 53.9 Å². The molecule has 9 N–H and O–H groups in total. The Hall–Kier alpha value is -5.23. The third-order valence-corrected chi connectivity index (χ3v) is 7.90. The van der Waals surface area contributed by atoms with Crippen molar-refractivity contribution in [3.63, 3.8) is 0 Å². The quantitative estimate of drug-likeness (QED) is 0.0978. The maximum absolute atomic E-state index is 11.1. The molecule has 0 unspecified atom stereocenters. The topological polar surface area (TPSA) is 264 Å². The predicted molar refractivity (Wildman–Crippen MR) is 193 cm³/mol. The normalized spacial score (nSPS) is 15.5. The smallest absolute Gasteiger partial charge is 0.394 e. The summed E-state index contributed by atoms with van der Waals surface area (Å²) >= 11 is 0. The van der Waals surface area contributed by atoms with Gasteiger partial charge >= 0.3 is 22.3 Å². The van der Waals surface area contributed by atoms with E-state index in [1.54, 1.807) is 30.3 Å². The molecule has 0 saturated carbocycles. The lowest BCUT2D eigenvalue weighted by atomic mass is 9.81. The highest BCUT2D eigenvalue weighted by Gasteiger charge is 2.35. The van der Waals surface area contributed by atoms with Crippen molar-refractivity contribution in [1.29, 1.82) is 0 Å². The molecule has 2 heterocycles. The number of aliphatic hydroxyl groups excluding tert-OH is 1. The molecule has 2 aliphatic heterocycles. The molecule has 15 nitrogen and oxygen atoms in total. The molecule has 0 amide bonds. The number of phenolic OH excluding ortho intramolecular Hbond substituents is 2. The van der Waals surface area contributed by atoms with Crippen molar-refractivity contribution >= 4 is 22.3 Å². The zero-order valence-corrected chi connectivity index (χ0v) is 30.1. The fourth-order valence-electron chi connectivity index (χ4n) is 5.44. The number of fused-ring (bicyclic) bond motifs is 2. The highest BCUT2D eigenvalue weighted by molar-refractivity contribution is 7.79. The lowest BCUT2D eigenvalue weighted by Gasteiger charge is -2.33. The van der Waals surface area contributed by atoms with Gasteiger partial charge in [-0.05, 0) is 30.2 Å². The maximum Gasteiger partial charge on any atom is 0.394 e. The lowest BCUT2D eigenvalue weighted by molar-refractivity contribution is -0.141. The van der Waals surface area contributed by atoms with Crippen LogP contribution in [0.2, 0.25) is 0 Å². The molecular weight excluding hydrogens is 714 g/mol. The minimum atomic E-state index is -4.67. The molecule has 0 radical (unpaired) electrons. The Morgan fingerprint density at radius 1 is 0.792 bits per heavy atom. The molecule has 3 atom stereocenters. The number of aliphatic carboxylic acids is 1. The second kappa shape index (κ2) is 20.7. The Morgan fingerprint density at radius 2 is 1.17 bits per heavy atom. The minimum absolute atomic E-state index is 0.0352. The van der Waals surface area contributed by atoms with Gasteiger partial charge in [0.25, 0.3) is 0 Å². The number of methoxy groups -OCH3 is 1. The number of nitrogens with two attached hydrogens (primary N) is 1. The predicted octanol–water partition coefficient (Wildman–Crippen LogP) is 4.00. The van der Waals surface area contributed by atoms with Gasteiger partial charge < -0.3 is 45.5 Å². The summed E-state index contributed by atoms with van der Waals surface area (Å²) in [6.07, 6.45) is 0.381. The standard InChI is InChI=1S/C15H17NO.C11H12O4.C10H10O4.CH4O.H2O4S/c1-12(16)15(17,13-8-4-2-5-9-13)14-10-6-3-7-11-14;1-14-11(13)4-7-6-15-10-5-8(12)2-3-9(7)10;11-7-1-2-8-6(3-10(12)13)5-14-9(8)4-7;1-2;1-5(2,3)4/h2-12,17H,16H2,1H3;2-3,5,7,12H,4,6H2,1H3;1-2,4,6,11H,3,5H2,(H,12,13);2H,1H3;(H2,1,2,3,4)/t12-;7-;6-;;/m100../s1. The number of carbonyl (C=O) groups excluding carboxylic acids is 1. The highest BCUT2D eigenvalue weighted by atomic mass is 32.3. The van der Waals surface area contributed by atoms with Gasteiger partial charge in [0.1, 0.15) is 28.6 Å². The number of ether oxygens (including phenoxy) is 3. The first-order valence-corrected chi connectivity index (χ1v) is 17.4. The van der Waals surface area contributed by atoms with Crippen molar-refractivity contribution in [1.82, 2.24) is 0 Å². The Kier molecular flexibility index (Phi) is 17.2. The van der Waals surface area contributed by atoms with Gasteiger partial charge in [0.2, 0.25) is 0 Å². The van der Waals surface area contributed by atoms with E-state index in [1.807, 2.05) is 67.6 Å². The van der Waals surface area contributed by atoms with Crippen molar-refractivity contribution in [2.45, 2.75) is 43.2 Å². The zero-order chi connectivity index (χ0) is 39.8. The molecule has 4 aromatic rings. The number of phenols is 2. The van der Waals surface area contributed by atoms with Crippen molar-refractivity contribution in [3.05, 3.63) is 119 Å². The molecule has 0 spiro atoms. The Morgan fingerprint density at radius 3 is 1.51 bits per heavy atom. The number of carboxylic acid groups (broad SMARTS) is 1. The summed E-state index contributed by atoms with van der Waals surface area (Å²) in [7, 11) is -2.30. The second-order valence-electron chi connectivity index (χ2n) is 11.6. The number of hydrogen-bond donors (Lipinski definition) is 8. The maximum atomic E-state index is 11.1. The number of rotatable bonds is 7. The molecule has 288 valence electrons. The van der Waals surface area contributed by atoms with Crippen molar-refractivity contribution in [2.75, 3.05) is 27.4 Å². The molecule has 16 heteroatoms. The third kappa shape index (κ3) is 13.7. The SMILES string of the molecule is CO.COC(=O)C[C@H]1COc2cc(O)ccc21.C[C@@H](N)C(O)(c1ccccc1)c1ccccc1.O=C(O)C[C@H]1COc2cc(O)ccc21.O=S(=O)(O)O. The van der Waals surface area contributed by atoms with Crippen LogP contribution in [0.4, 0.5) is 0 Å². The van der Waals surface area contributed by atoms with Crippen LogP contribution in [0.5, 0.6) is 23.0 Å². The van der Waals surface area contributed by atoms with Crippen LogP contribution in [0.25, 0.3) is 0 Å². The fourth-order valence-corrected chi connectivity index (χ4v) is 5.44. The summed E-state index contributed by atoms with van der Waals surface area (Å²) in [4.78, 5) is 21.6. The average molecular weight is 760 g/mol. The van der Waals surface area contributed by atoms with E-state index in [2.05, 4.69) is 4.74 Å². The second-order valence-corrected chi connectivity index (χ2v) is 12.5. The molecule has 0 bridgehead atoms. The Labute approximate surface area is 307 Å². The van der Waals surface area contributed by atoms with E-state index in [1.165, 1.54) is 13.2 Å². The van der Waals surface area contributed by atoms with Crippen LogP contribution >= 0.6 is 0 Å². The summed E-state index contributed by atoms with van der Waals surface area (Å²) in [6, 6.07) is 28.4. The first-order chi connectivity index (χ1) is 25.0. The van der Waals surface area contributed by atoms with Gasteiger partial charge in [-0.15, -0.1) is 0 Å². The highest BCUT2D eigenvalue weighted by Crippen LogP contribution is 2.39. The van der Waals surface area contributed by atoms with Gasteiger partial charge in [-0.3, -0.25) is 18.7 Å². The number of carbonyl (C=O) groups is 2. The van der Waals surface area contributed by atoms with Crippen LogP contribution < -0.4 is 15.2 Å². The van der Waals surface area contributed by atoms with Gasteiger partial charge in [0.15, 0.2) is 0 Å². The molecular formula is C37H45NO14S. The van der Waals surface area contributed by atoms with E-state index in [0.717, 1.165) is 29.4 Å². The monoisotopic (exact) mass is 759 g/mol. The third-order valence-electron chi connectivity index (χ3n) is 7.90. The number of aromatic hydroxyl groups is 2. The Balaban J connectivity index is 0.000000254. The molecule has 0 saturated heterocycles. The van der Waals surface area contributed by atoms with E-state index in [-0.39, 0.29) is 41.8 Å². The lowest BCUT2D eigenvalue weighted by Crippen LogP contribution is -2.44. The average Bonchev–Trinajstić information content (AvgIpc) is 3.71. The largest absolute Gasteiger partial charge is 0.508 e. The molecule has 6 rings (SSSR count). The first kappa shape index (κ1) is 43.9. The van der Waals surface area contributed by atoms with Gasteiger partial charge in [0, 0.05) is 48.2 Å². The van der Waals surface area contributed by atoms with E-state index in [4.69, 9.17) is 48.1 Å². The van der Waals surface area contributed by atoms with E-state index in [0.29, 0.717) is 31.1 Å². The summed E-state index contributed by atoms with van der Waals surface area (Å²) in [6.45, 7) is 2.67. The van der Waals surface area contributed by atoms with Gasteiger partial charge in [-0.2, -0.15) is 8.42 Å². The van der Waals surface area contributed by atoms with Crippen LogP contribution in [-0.4, -0.2) is 88.5 Å². The van der Waals surface area contributed by atoms with Gasteiger partial charge in [0.05, 0.1) is 33.2 Å². The number of hydrogen-bond acceptors (Lipinski definition) is 12. The van der Waals surface area contributed by atoms with Crippen molar-refractivity contribution in [3.8, 4) is 23.0 Å². The summed E-state index contributed by atoms with van der Waals surface area (Å²) in [5.41, 5.74) is 8.31. The van der Waals surface area contributed by atoms with E-state index >= 15 is 0 Å². The van der Waals surface area contributed by atoms with Crippen molar-refractivity contribution < 1.29 is 66.9 Å². The Bertz CT molecular complexity index is 1810. The summed E-state index contributed by atoms with van der Waals surface area (Å²) in [5.74, 6) is 0.424. The number of carboxylic acids is 1. The number of benzene rings is 4. The van der Waals surface area contributed by atoms with Gasteiger partial charge in [-0.1, -0.05) is 72.8 Å². The fraction of sp³-hybridized carbons (Fsp3) is 0.297. The van der Waals surface area contributed by atoms with Crippen LogP contribution in [0.3, 0.4) is 0 Å². The molecule has 0 fully saturated rings. The molecule has 0 aromatic heterocycles. The minimum Gasteiger partial charge on any atom is -0.508 e. The summed E-state index contributed by atoms with van der Waals surface area (Å²) in [5, 5.41) is 45.0. The molecule has 2 aliphatic rings. The number of esters is 1. The zero-order valence-electron chi connectivity index (χ0n) is 29.3. The first-order valence-electron chi connectivity index (χ1n) is 16.0. The molecule has 53 heavy (non-hydrogen) atoms. The molecule has 0 aliphatic carbocycles. The number of aliphatic hydroxyl groups is 2.